The van der Waals surface area contributed by atoms with Gasteiger partial charge in [0.25, 0.3) is 0 Å². The van der Waals surface area contributed by atoms with Crippen molar-refractivity contribution in [3.63, 3.8) is 0 Å². The molecule has 0 amide bonds. The van der Waals surface area contributed by atoms with Gasteiger partial charge in [0.05, 0.1) is 5.56 Å². The third-order valence-corrected chi connectivity index (χ3v) is 3.49. The van der Waals surface area contributed by atoms with Gasteiger partial charge in [-0.3, -0.25) is 0 Å². The first kappa shape index (κ1) is 16.5. The fourth-order valence-corrected chi connectivity index (χ4v) is 2.24. The largest absolute Gasteiger partial charge is 0.633 e. The van der Waals surface area contributed by atoms with Crippen molar-refractivity contribution in [1.82, 2.24) is 0 Å². The Labute approximate surface area is 130 Å². The van der Waals surface area contributed by atoms with Crippen LogP contribution in [0.4, 0.5) is 30.7 Å². The SMILES string of the molecule is Cc1ccc(C(F)(F)F)cc1B1Oc2c(F)c(F)c(F)c(F)c2O1. The summed E-state index contributed by atoms with van der Waals surface area (Å²) in [6.07, 6.45) is -4.66. The average molecular weight is 350 g/mol. The minimum atomic E-state index is -4.66. The van der Waals surface area contributed by atoms with Crippen LogP contribution in [0.1, 0.15) is 11.1 Å². The summed E-state index contributed by atoms with van der Waals surface area (Å²) in [6.45, 7) is 1.42. The number of rotatable bonds is 1. The third kappa shape index (κ3) is 2.46. The van der Waals surface area contributed by atoms with E-state index >= 15 is 0 Å². The monoisotopic (exact) mass is 350 g/mol. The van der Waals surface area contributed by atoms with Crippen LogP contribution in [-0.2, 0) is 6.18 Å². The molecule has 24 heavy (non-hydrogen) atoms. The topological polar surface area (TPSA) is 18.5 Å². The lowest BCUT2D eigenvalue weighted by atomic mass is 9.75. The lowest BCUT2D eigenvalue weighted by Gasteiger charge is -2.12. The molecule has 0 fully saturated rings. The summed E-state index contributed by atoms with van der Waals surface area (Å²) in [4.78, 5) is 0. The van der Waals surface area contributed by atoms with Crippen LogP contribution in [-0.4, -0.2) is 7.12 Å². The van der Waals surface area contributed by atoms with Gasteiger partial charge in [0.15, 0.2) is 11.5 Å². The van der Waals surface area contributed by atoms with Crippen molar-refractivity contribution in [3.8, 4) is 11.5 Å². The molecule has 0 bridgehead atoms. The van der Waals surface area contributed by atoms with Crippen LogP contribution in [0, 0.1) is 30.2 Å². The van der Waals surface area contributed by atoms with Crippen LogP contribution in [0.2, 0.25) is 0 Å². The third-order valence-electron chi connectivity index (χ3n) is 3.49. The molecule has 3 rings (SSSR count). The minimum Gasteiger partial charge on any atom is -0.517 e. The van der Waals surface area contributed by atoms with E-state index in [1.54, 1.807) is 0 Å². The Morgan fingerprint density at radius 1 is 0.833 bits per heavy atom. The normalized spacial score (nSPS) is 13.6. The standard InChI is InChI=1S/C14H6BF7O2/c1-5-2-3-6(14(20,21)22)4-7(5)15-23-12-10(18)8(16)9(17)11(19)13(12)24-15/h2-4H,1H3. The van der Waals surface area contributed by atoms with Crippen LogP contribution in [0.15, 0.2) is 18.2 Å². The van der Waals surface area contributed by atoms with Crippen LogP contribution in [0.5, 0.6) is 11.5 Å². The first-order chi connectivity index (χ1) is 11.1. The van der Waals surface area contributed by atoms with Crippen molar-refractivity contribution in [2.45, 2.75) is 13.1 Å². The number of benzene rings is 2. The van der Waals surface area contributed by atoms with E-state index in [9.17, 15) is 30.7 Å². The zero-order valence-electron chi connectivity index (χ0n) is 11.8. The predicted octanol–water partition coefficient (Wildman–Crippen LogP) is 3.74. The molecule has 1 heterocycles. The maximum Gasteiger partial charge on any atom is 0.633 e. The first-order valence-corrected chi connectivity index (χ1v) is 6.48. The zero-order valence-corrected chi connectivity index (χ0v) is 11.8. The lowest BCUT2D eigenvalue weighted by molar-refractivity contribution is -0.137. The van der Waals surface area contributed by atoms with E-state index in [4.69, 9.17) is 9.31 Å². The summed E-state index contributed by atoms with van der Waals surface area (Å²) < 4.78 is 102. The van der Waals surface area contributed by atoms with E-state index in [1.165, 1.54) is 6.92 Å². The van der Waals surface area contributed by atoms with Gasteiger partial charge in [-0.05, 0) is 24.6 Å². The summed E-state index contributed by atoms with van der Waals surface area (Å²) in [5.74, 6) is -9.92. The molecule has 0 atom stereocenters. The molecule has 0 spiro atoms. The molecule has 0 radical (unpaired) electrons. The van der Waals surface area contributed by atoms with E-state index in [2.05, 4.69) is 0 Å². The lowest BCUT2D eigenvalue weighted by Crippen LogP contribution is -2.41. The highest BCUT2D eigenvalue weighted by Crippen LogP contribution is 2.41. The summed E-state index contributed by atoms with van der Waals surface area (Å²) in [7, 11) is -1.67. The first-order valence-electron chi connectivity index (χ1n) is 6.48. The van der Waals surface area contributed by atoms with Gasteiger partial charge in [0, 0.05) is 5.46 Å². The molecule has 1 aliphatic rings. The van der Waals surface area contributed by atoms with Gasteiger partial charge in [0.2, 0.25) is 23.3 Å². The molecule has 0 aromatic heterocycles. The molecule has 0 saturated carbocycles. The van der Waals surface area contributed by atoms with Crippen molar-refractivity contribution in [3.05, 3.63) is 52.6 Å². The zero-order chi connectivity index (χ0) is 17.8. The molecule has 126 valence electrons. The Kier molecular flexibility index (Phi) is 3.65. The Morgan fingerprint density at radius 3 is 1.79 bits per heavy atom. The smallest absolute Gasteiger partial charge is 0.517 e. The molecule has 0 N–H and O–H groups in total. The number of halogens is 7. The van der Waals surface area contributed by atoms with Crippen molar-refractivity contribution >= 4 is 12.6 Å². The van der Waals surface area contributed by atoms with Crippen LogP contribution in [0.3, 0.4) is 0 Å². The number of alkyl halides is 3. The van der Waals surface area contributed by atoms with Crippen LogP contribution in [0.25, 0.3) is 0 Å². The van der Waals surface area contributed by atoms with E-state index < -0.39 is 53.6 Å². The van der Waals surface area contributed by atoms with Crippen molar-refractivity contribution < 1.29 is 40.0 Å². The number of fused-ring (bicyclic) bond motifs is 1. The Bertz CT molecular complexity index is 798. The number of aryl methyl sites for hydroxylation is 1. The van der Waals surface area contributed by atoms with Gasteiger partial charge in [-0.25, -0.2) is 8.78 Å². The highest BCUT2D eigenvalue weighted by atomic mass is 19.4. The molecule has 2 aromatic rings. The maximum absolute atomic E-state index is 13.6. The summed E-state index contributed by atoms with van der Waals surface area (Å²) in [5, 5.41) is 0. The Balaban J connectivity index is 2.06. The second-order valence-corrected chi connectivity index (χ2v) is 5.05. The second-order valence-electron chi connectivity index (χ2n) is 5.05. The summed E-state index contributed by atoms with van der Waals surface area (Å²) in [6, 6.07) is 2.59. The van der Waals surface area contributed by atoms with Gasteiger partial charge in [-0.15, -0.1) is 0 Å². The molecular formula is C14H6BF7O2. The maximum atomic E-state index is 13.6. The molecule has 1 aliphatic heterocycles. The van der Waals surface area contributed by atoms with E-state index in [1.807, 2.05) is 0 Å². The molecule has 2 aromatic carbocycles. The molecule has 10 heteroatoms. The molecular weight excluding hydrogens is 344 g/mol. The van der Waals surface area contributed by atoms with Crippen molar-refractivity contribution in [2.24, 2.45) is 0 Å². The van der Waals surface area contributed by atoms with Gasteiger partial charge in [0.1, 0.15) is 0 Å². The van der Waals surface area contributed by atoms with Gasteiger partial charge in [-0.1, -0.05) is 6.07 Å². The van der Waals surface area contributed by atoms with Crippen LogP contribution >= 0.6 is 0 Å². The Hall–Kier alpha value is -2.39. The fourth-order valence-electron chi connectivity index (χ4n) is 2.24. The Morgan fingerprint density at radius 2 is 1.33 bits per heavy atom. The molecule has 0 unspecified atom stereocenters. The number of hydrogen-bond donors (Lipinski definition) is 0. The average Bonchev–Trinajstić information content (AvgIpc) is 2.95. The molecule has 0 saturated heterocycles. The summed E-state index contributed by atoms with van der Waals surface area (Å²) >= 11 is 0. The quantitative estimate of drug-likeness (QED) is 0.338. The highest BCUT2D eigenvalue weighted by molar-refractivity contribution is 6.64. The number of hydrogen-bond acceptors (Lipinski definition) is 2. The minimum absolute atomic E-state index is 0.180. The van der Waals surface area contributed by atoms with Crippen molar-refractivity contribution in [1.29, 1.82) is 0 Å². The molecule has 2 nitrogen and oxygen atoms in total. The van der Waals surface area contributed by atoms with Gasteiger partial charge < -0.3 is 9.31 Å². The van der Waals surface area contributed by atoms with E-state index in [-0.39, 0.29) is 11.0 Å². The van der Waals surface area contributed by atoms with Gasteiger partial charge in [-0.2, -0.15) is 22.0 Å². The van der Waals surface area contributed by atoms with Crippen LogP contribution < -0.4 is 14.8 Å². The second kappa shape index (κ2) is 5.32. The van der Waals surface area contributed by atoms with Gasteiger partial charge >= 0.3 is 13.3 Å². The highest BCUT2D eigenvalue weighted by Gasteiger charge is 2.43. The van der Waals surface area contributed by atoms with E-state index in [0.29, 0.717) is 6.07 Å². The predicted molar refractivity (Wildman–Crippen MR) is 69.1 cm³/mol. The van der Waals surface area contributed by atoms with Crippen molar-refractivity contribution in [2.75, 3.05) is 0 Å². The summed E-state index contributed by atoms with van der Waals surface area (Å²) in [5.41, 5.74) is -0.951. The molecule has 0 aliphatic carbocycles. The fraction of sp³-hybridized carbons (Fsp3) is 0.143. The van der Waals surface area contributed by atoms with E-state index in [0.717, 1.165) is 12.1 Å².